The lowest BCUT2D eigenvalue weighted by atomic mass is 10.1. The first-order chi connectivity index (χ1) is 13.2. The van der Waals surface area contributed by atoms with Crippen LogP contribution in [0.1, 0.15) is 28.8 Å². The summed E-state index contributed by atoms with van der Waals surface area (Å²) in [4.78, 5) is 21.5. The predicted molar refractivity (Wildman–Crippen MR) is 104 cm³/mol. The van der Waals surface area contributed by atoms with Gasteiger partial charge in [-0.2, -0.15) is 0 Å². The van der Waals surface area contributed by atoms with Crippen molar-refractivity contribution in [2.75, 3.05) is 33.2 Å². The number of rotatable bonds is 6. The van der Waals surface area contributed by atoms with Crippen molar-refractivity contribution in [3.63, 3.8) is 0 Å². The molecule has 1 amide bonds. The van der Waals surface area contributed by atoms with Crippen molar-refractivity contribution in [3.05, 3.63) is 53.9 Å². The molecule has 1 aliphatic heterocycles. The van der Waals surface area contributed by atoms with E-state index in [2.05, 4.69) is 15.2 Å². The van der Waals surface area contributed by atoms with Crippen LogP contribution < -0.4 is 10.1 Å². The van der Waals surface area contributed by atoms with Crippen LogP contribution in [0.15, 0.2) is 42.7 Å². The summed E-state index contributed by atoms with van der Waals surface area (Å²) in [5.74, 6) is 1.54. The molecule has 0 bridgehead atoms. The number of ether oxygens (including phenoxy) is 1. The molecule has 1 aromatic heterocycles. The number of pyridine rings is 1. The highest BCUT2D eigenvalue weighted by atomic mass is 16.5. The molecule has 2 heterocycles. The maximum Gasteiger partial charge on any atom is 0.253 e. The maximum absolute atomic E-state index is 13.0. The van der Waals surface area contributed by atoms with E-state index in [1.165, 1.54) is 12.8 Å². The fourth-order valence-corrected chi connectivity index (χ4v) is 3.59. The lowest BCUT2D eigenvalue weighted by Crippen LogP contribution is -2.49. The molecule has 142 valence electrons. The van der Waals surface area contributed by atoms with Crippen LogP contribution in [0.3, 0.4) is 0 Å². The number of hydrogen-bond donors (Lipinski definition) is 1. The van der Waals surface area contributed by atoms with Crippen molar-refractivity contribution in [1.82, 2.24) is 20.1 Å². The highest BCUT2D eigenvalue weighted by molar-refractivity contribution is 5.94. The molecule has 0 atom stereocenters. The summed E-state index contributed by atoms with van der Waals surface area (Å²) in [6, 6.07) is 10.2. The molecule has 2 fully saturated rings. The largest absolute Gasteiger partial charge is 0.455 e. The van der Waals surface area contributed by atoms with Crippen molar-refractivity contribution in [2.45, 2.75) is 25.4 Å². The molecule has 2 aliphatic rings. The summed E-state index contributed by atoms with van der Waals surface area (Å²) < 4.78 is 5.96. The fraction of sp³-hybridized carbons (Fsp3) is 0.429. The third kappa shape index (κ3) is 4.28. The van der Waals surface area contributed by atoms with E-state index < -0.39 is 0 Å². The number of carbonyl (C=O) groups excluding carboxylic acids is 1. The molecule has 6 heteroatoms. The highest BCUT2D eigenvalue weighted by Gasteiger charge is 2.32. The minimum absolute atomic E-state index is 0.107. The van der Waals surface area contributed by atoms with Crippen LogP contribution >= 0.6 is 0 Å². The Labute approximate surface area is 160 Å². The van der Waals surface area contributed by atoms with Crippen molar-refractivity contribution in [3.8, 4) is 11.5 Å². The van der Waals surface area contributed by atoms with E-state index in [1.54, 1.807) is 12.4 Å². The molecular formula is C21H26N4O2. The standard InChI is InChI=1S/C21H26N4O2/c1-22-14-17-13-16(4-7-20(17)27-19-3-2-8-23-15-19)21(26)25-11-9-24(10-12-25)18-5-6-18/h2-4,7-8,13,15,18,22H,5-6,9-12,14H2,1H3. The van der Waals surface area contributed by atoms with Crippen molar-refractivity contribution in [1.29, 1.82) is 0 Å². The molecule has 1 aromatic carbocycles. The van der Waals surface area contributed by atoms with E-state index in [4.69, 9.17) is 4.74 Å². The number of amides is 1. The van der Waals surface area contributed by atoms with Gasteiger partial charge in [0.05, 0.1) is 6.20 Å². The summed E-state index contributed by atoms with van der Waals surface area (Å²) in [6.07, 6.45) is 6.03. The van der Waals surface area contributed by atoms with Crippen LogP contribution in [-0.4, -0.2) is 60.0 Å². The minimum Gasteiger partial charge on any atom is -0.455 e. The van der Waals surface area contributed by atoms with Crippen molar-refractivity contribution in [2.24, 2.45) is 0 Å². The van der Waals surface area contributed by atoms with Crippen LogP contribution in [0.25, 0.3) is 0 Å². The Morgan fingerprint density at radius 2 is 2.04 bits per heavy atom. The normalized spacial score (nSPS) is 17.7. The monoisotopic (exact) mass is 366 g/mol. The predicted octanol–water partition coefficient (Wildman–Crippen LogP) is 2.51. The zero-order valence-corrected chi connectivity index (χ0v) is 15.7. The van der Waals surface area contributed by atoms with E-state index >= 15 is 0 Å². The third-order valence-corrected chi connectivity index (χ3v) is 5.20. The first kappa shape index (κ1) is 17.9. The van der Waals surface area contributed by atoms with Crippen molar-refractivity contribution >= 4 is 5.91 Å². The zero-order valence-electron chi connectivity index (χ0n) is 15.7. The molecule has 0 unspecified atom stereocenters. The Balaban J connectivity index is 1.47. The Kier molecular flexibility index (Phi) is 5.36. The molecule has 0 spiro atoms. The second kappa shape index (κ2) is 8.06. The first-order valence-electron chi connectivity index (χ1n) is 9.63. The average molecular weight is 366 g/mol. The van der Waals surface area contributed by atoms with Gasteiger partial charge in [-0.1, -0.05) is 0 Å². The van der Waals surface area contributed by atoms with Crippen LogP contribution in [0, 0.1) is 0 Å². The highest BCUT2D eigenvalue weighted by Crippen LogP contribution is 2.29. The van der Waals surface area contributed by atoms with E-state index in [9.17, 15) is 4.79 Å². The number of benzene rings is 1. The SMILES string of the molecule is CNCc1cc(C(=O)N2CCN(C3CC3)CC2)ccc1Oc1cccnc1. The summed E-state index contributed by atoms with van der Waals surface area (Å²) in [5, 5.41) is 3.15. The average Bonchev–Trinajstić information content (AvgIpc) is 3.55. The number of hydrogen-bond acceptors (Lipinski definition) is 5. The van der Waals surface area contributed by atoms with Crippen LogP contribution in [0.2, 0.25) is 0 Å². The second-order valence-corrected chi connectivity index (χ2v) is 7.20. The number of aromatic nitrogens is 1. The molecule has 2 aromatic rings. The Morgan fingerprint density at radius 3 is 2.70 bits per heavy atom. The van der Waals surface area contributed by atoms with Gasteiger partial charge in [-0.15, -0.1) is 0 Å². The summed E-state index contributed by atoms with van der Waals surface area (Å²) in [6.45, 7) is 4.23. The van der Waals surface area contributed by atoms with Gasteiger partial charge in [0.2, 0.25) is 0 Å². The minimum atomic E-state index is 0.107. The van der Waals surface area contributed by atoms with Gasteiger partial charge in [-0.3, -0.25) is 14.7 Å². The molecule has 1 N–H and O–H groups in total. The molecule has 1 saturated heterocycles. The number of carbonyl (C=O) groups is 1. The summed E-state index contributed by atoms with van der Waals surface area (Å²) >= 11 is 0. The lowest BCUT2D eigenvalue weighted by molar-refractivity contribution is 0.0627. The van der Waals surface area contributed by atoms with E-state index in [-0.39, 0.29) is 5.91 Å². The topological polar surface area (TPSA) is 57.7 Å². The van der Waals surface area contributed by atoms with Gasteiger partial charge < -0.3 is 15.0 Å². The van der Waals surface area contributed by atoms with Crippen LogP contribution in [0.4, 0.5) is 0 Å². The number of nitrogens with one attached hydrogen (secondary N) is 1. The molecular weight excluding hydrogens is 340 g/mol. The smallest absolute Gasteiger partial charge is 0.253 e. The molecule has 27 heavy (non-hydrogen) atoms. The first-order valence-corrected chi connectivity index (χ1v) is 9.63. The second-order valence-electron chi connectivity index (χ2n) is 7.20. The zero-order chi connectivity index (χ0) is 18.6. The molecule has 1 aliphatic carbocycles. The Hall–Kier alpha value is -2.44. The van der Waals surface area contributed by atoms with Gasteiger partial charge in [0, 0.05) is 56.1 Å². The van der Waals surface area contributed by atoms with Crippen molar-refractivity contribution < 1.29 is 9.53 Å². The molecule has 1 saturated carbocycles. The van der Waals surface area contributed by atoms with Gasteiger partial charge in [-0.25, -0.2) is 0 Å². The van der Waals surface area contributed by atoms with Gasteiger partial charge in [-0.05, 0) is 50.2 Å². The maximum atomic E-state index is 13.0. The summed E-state index contributed by atoms with van der Waals surface area (Å²) in [7, 11) is 1.89. The van der Waals surface area contributed by atoms with E-state index in [0.717, 1.165) is 49.1 Å². The summed E-state index contributed by atoms with van der Waals surface area (Å²) in [5.41, 5.74) is 1.68. The van der Waals surface area contributed by atoms with Gasteiger partial charge >= 0.3 is 0 Å². The Morgan fingerprint density at radius 1 is 1.22 bits per heavy atom. The van der Waals surface area contributed by atoms with E-state index in [1.807, 2.05) is 42.3 Å². The van der Waals surface area contributed by atoms with Crippen LogP contribution in [0.5, 0.6) is 11.5 Å². The molecule has 0 radical (unpaired) electrons. The van der Waals surface area contributed by atoms with E-state index in [0.29, 0.717) is 12.3 Å². The molecule has 6 nitrogen and oxygen atoms in total. The van der Waals surface area contributed by atoms with Gasteiger partial charge in [0.15, 0.2) is 0 Å². The van der Waals surface area contributed by atoms with Gasteiger partial charge in [0.1, 0.15) is 11.5 Å². The number of nitrogens with zero attached hydrogens (tertiary/aromatic N) is 3. The Bertz CT molecular complexity index is 784. The van der Waals surface area contributed by atoms with Gasteiger partial charge in [0.25, 0.3) is 5.91 Å². The third-order valence-electron chi connectivity index (χ3n) is 5.20. The molecule has 4 rings (SSSR count). The van der Waals surface area contributed by atoms with Crippen LogP contribution in [-0.2, 0) is 6.54 Å². The number of piperazine rings is 1. The lowest BCUT2D eigenvalue weighted by Gasteiger charge is -2.35. The quantitative estimate of drug-likeness (QED) is 0.851. The fourth-order valence-electron chi connectivity index (χ4n) is 3.59.